The first-order valence-corrected chi connectivity index (χ1v) is 5.89. The molecule has 1 aromatic heterocycles. The molecular weight excluding hydrogens is 212 g/mol. The van der Waals surface area contributed by atoms with Crippen LogP contribution in [-0.2, 0) is 12.8 Å². The highest BCUT2D eigenvalue weighted by Gasteiger charge is 2.07. The molecule has 1 aromatic carbocycles. The van der Waals surface area contributed by atoms with Gasteiger partial charge in [-0.3, -0.25) is 0 Å². The van der Waals surface area contributed by atoms with Crippen LogP contribution in [0.2, 0.25) is 0 Å². The van der Waals surface area contributed by atoms with Crippen molar-refractivity contribution >= 4 is 5.69 Å². The minimum atomic E-state index is 0.404. The lowest BCUT2D eigenvalue weighted by molar-refractivity contribution is 0.565. The van der Waals surface area contributed by atoms with Gasteiger partial charge in [-0.2, -0.15) is 0 Å². The molecule has 4 heteroatoms. The number of aryl methyl sites for hydroxylation is 2. The molecule has 0 aliphatic rings. The van der Waals surface area contributed by atoms with Gasteiger partial charge in [0.1, 0.15) is 12.2 Å². The summed E-state index contributed by atoms with van der Waals surface area (Å²) in [5, 5.41) is 8.12. The first kappa shape index (κ1) is 11.6. The maximum atomic E-state index is 5.75. The van der Waals surface area contributed by atoms with Gasteiger partial charge in [0.05, 0.1) is 0 Å². The number of hydrogen-bond donors (Lipinski definition) is 1. The smallest absolute Gasteiger partial charge is 0.133 e. The molecule has 1 heterocycles. The van der Waals surface area contributed by atoms with Crippen molar-refractivity contribution in [3.8, 4) is 0 Å². The maximum Gasteiger partial charge on any atom is 0.133 e. The Hall–Kier alpha value is -1.84. The molecule has 17 heavy (non-hydrogen) atoms. The highest BCUT2D eigenvalue weighted by atomic mass is 15.3. The molecule has 0 radical (unpaired) electrons. The van der Waals surface area contributed by atoms with Gasteiger partial charge in [0, 0.05) is 18.2 Å². The van der Waals surface area contributed by atoms with Crippen LogP contribution < -0.4 is 5.73 Å². The van der Waals surface area contributed by atoms with Gasteiger partial charge in [0.2, 0.25) is 0 Å². The molecule has 0 amide bonds. The van der Waals surface area contributed by atoms with E-state index in [1.807, 2.05) is 18.2 Å². The van der Waals surface area contributed by atoms with Crippen LogP contribution in [-0.4, -0.2) is 14.8 Å². The first-order chi connectivity index (χ1) is 8.16. The topological polar surface area (TPSA) is 56.7 Å². The summed E-state index contributed by atoms with van der Waals surface area (Å²) in [7, 11) is 0. The zero-order valence-electron chi connectivity index (χ0n) is 10.3. The van der Waals surface area contributed by atoms with Gasteiger partial charge in [-0.05, 0) is 38.0 Å². The normalized spacial score (nSPS) is 11.0. The highest BCUT2D eigenvalue weighted by molar-refractivity contribution is 5.40. The van der Waals surface area contributed by atoms with Crippen molar-refractivity contribution in [3.63, 3.8) is 0 Å². The molecule has 0 bridgehead atoms. The van der Waals surface area contributed by atoms with Crippen molar-refractivity contribution in [2.75, 3.05) is 5.73 Å². The molecule has 0 aliphatic heterocycles. The SMILES string of the molecule is CC(C)n1cnnc1CCc1cccc(N)c1. The van der Waals surface area contributed by atoms with Crippen LogP contribution in [0, 0.1) is 0 Å². The van der Waals surface area contributed by atoms with Crippen molar-refractivity contribution < 1.29 is 0 Å². The Morgan fingerprint density at radius 1 is 1.29 bits per heavy atom. The summed E-state index contributed by atoms with van der Waals surface area (Å²) in [6.45, 7) is 4.26. The predicted molar refractivity (Wildman–Crippen MR) is 68.7 cm³/mol. The van der Waals surface area contributed by atoms with Crippen molar-refractivity contribution in [2.45, 2.75) is 32.7 Å². The van der Waals surface area contributed by atoms with Crippen molar-refractivity contribution in [1.29, 1.82) is 0 Å². The van der Waals surface area contributed by atoms with Gasteiger partial charge < -0.3 is 10.3 Å². The van der Waals surface area contributed by atoms with Crippen LogP contribution >= 0.6 is 0 Å². The minimum absolute atomic E-state index is 0.404. The number of aromatic nitrogens is 3. The van der Waals surface area contributed by atoms with Crippen molar-refractivity contribution in [1.82, 2.24) is 14.8 Å². The van der Waals surface area contributed by atoms with E-state index >= 15 is 0 Å². The van der Waals surface area contributed by atoms with Gasteiger partial charge >= 0.3 is 0 Å². The number of nitrogens with two attached hydrogens (primary N) is 1. The second-order valence-electron chi connectivity index (χ2n) is 4.49. The van der Waals surface area contributed by atoms with Gasteiger partial charge in [-0.25, -0.2) is 0 Å². The second kappa shape index (κ2) is 4.99. The molecule has 0 fully saturated rings. The summed E-state index contributed by atoms with van der Waals surface area (Å²) in [6.07, 6.45) is 3.62. The molecule has 0 atom stereocenters. The van der Waals surface area contributed by atoms with Gasteiger partial charge in [-0.15, -0.1) is 10.2 Å². The van der Waals surface area contributed by atoms with Crippen molar-refractivity contribution in [3.05, 3.63) is 42.0 Å². The van der Waals surface area contributed by atoms with E-state index in [2.05, 4.69) is 34.7 Å². The van der Waals surface area contributed by atoms with E-state index in [4.69, 9.17) is 5.73 Å². The lowest BCUT2D eigenvalue weighted by atomic mass is 10.1. The predicted octanol–water partition coefficient (Wildman–Crippen LogP) is 2.23. The third kappa shape index (κ3) is 2.84. The highest BCUT2D eigenvalue weighted by Crippen LogP contribution is 2.12. The molecule has 0 aliphatic carbocycles. The third-order valence-corrected chi connectivity index (χ3v) is 2.79. The molecule has 2 rings (SSSR count). The van der Waals surface area contributed by atoms with Crippen LogP contribution in [0.5, 0.6) is 0 Å². The summed E-state index contributed by atoms with van der Waals surface area (Å²) in [5.41, 5.74) is 7.80. The summed E-state index contributed by atoms with van der Waals surface area (Å²) in [6, 6.07) is 8.39. The summed E-state index contributed by atoms with van der Waals surface area (Å²) in [4.78, 5) is 0. The van der Waals surface area contributed by atoms with Crippen LogP contribution in [0.4, 0.5) is 5.69 Å². The molecule has 90 valence electrons. The fraction of sp³-hybridized carbons (Fsp3) is 0.385. The lowest BCUT2D eigenvalue weighted by Gasteiger charge is -2.09. The number of hydrogen-bond acceptors (Lipinski definition) is 3. The summed E-state index contributed by atoms with van der Waals surface area (Å²) >= 11 is 0. The Kier molecular flexibility index (Phi) is 3.42. The van der Waals surface area contributed by atoms with E-state index in [1.165, 1.54) is 5.56 Å². The Balaban J connectivity index is 2.05. The number of anilines is 1. The first-order valence-electron chi connectivity index (χ1n) is 5.89. The number of nitrogen functional groups attached to an aromatic ring is 1. The van der Waals surface area contributed by atoms with E-state index in [1.54, 1.807) is 6.33 Å². The van der Waals surface area contributed by atoms with Crippen molar-refractivity contribution in [2.24, 2.45) is 0 Å². The second-order valence-corrected chi connectivity index (χ2v) is 4.49. The van der Waals surface area contributed by atoms with Crippen LogP contribution in [0.1, 0.15) is 31.3 Å². The Morgan fingerprint density at radius 2 is 2.12 bits per heavy atom. The molecular formula is C13H18N4. The standard InChI is InChI=1S/C13H18N4/c1-10(2)17-9-15-16-13(17)7-6-11-4-3-5-12(14)8-11/h3-5,8-10H,6-7,14H2,1-2H3. The van der Waals surface area contributed by atoms with Crippen LogP contribution in [0.3, 0.4) is 0 Å². The van der Waals surface area contributed by atoms with E-state index in [0.717, 1.165) is 24.4 Å². The molecule has 0 saturated carbocycles. The Bertz CT molecular complexity index is 488. The fourth-order valence-electron chi connectivity index (χ4n) is 1.88. The number of rotatable bonds is 4. The van der Waals surface area contributed by atoms with Gasteiger partial charge in [-0.1, -0.05) is 12.1 Å². The monoisotopic (exact) mass is 230 g/mol. The van der Waals surface area contributed by atoms with E-state index in [-0.39, 0.29) is 0 Å². The minimum Gasteiger partial charge on any atom is -0.399 e. The number of nitrogens with zero attached hydrogens (tertiary/aromatic N) is 3. The third-order valence-electron chi connectivity index (χ3n) is 2.79. The fourth-order valence-corrected chi connectivity index (χ4v) is 1.88. The van der Waals surface area contributed by atoms with Crippen LogP contribution in [0.25, 0.3) is 0 Å². The number of benzene rings is 1. The van der Waals surface area contributed by atoms with E-state index in [0.29, 0.717) is 6.04 Å². The van der Waals surface area contributed by atoms with Crippen LogP contribution in [0.15, 0.2) is 30.6 Å². The zero-order chi connectivity index (χ0) is 12.3. The largest absolute Gasteiger partial charge is 0.399 e. The summed E-state index contributed by atoms with van der Waals surface area (Å²) < 4.78 is 2.10. The average molecular weight is 230 g/mol. The Morgan fingerprint density at radius 3 is 2.82 bits per heavy atom. The zero-order valence-corrected chi connectivity index (χ0v) is 10.3. The maximum absolute atomic E-state index is 5.75. The quantitative estimate of drug-likeness (QED) is 0.819. The lowest BCUT2D eigenvalue weighted by Crippen LogP contribution is -2.06. The molecule has 2 aromatic rings. The van der Waals surface area contributed by atoms with E-state index in [9.17, 15) is 0 Å². The molecule has 0 saturated heterocycles. The van der Waals surface area contributed by atoms with Gasteiger partial charge in [0.25, 0.3) is 0 Å². The molecule has 0 spiro atoms. The molecule has 4 nitrogen and oxygen atoms in total. The Labute approximate surface area is 101 Å². The average Bonchev–Trinajstić information content (AvgIpc) is 2.74. The molecule has 0 unspecified atom stereocenters. The van der Waals surface area contributed by atoms with E-state index < -0.39 is 0 Å². The van der Waals surface area contributed by atoms with Gasteiger partial charge in [0.15, 0.2) is 0 Å². The summed E-state index contributed by atoms with van der Waals surface area (Å²) in [5.74, 6) is 1.03. The molecule has 2 N–H and O–H groups in total.